The minimum atomic E-state index is -0.190. The van der Waals surface area contributed by atoms with Crippen molar-refractivity contribution in [3.05, 3.63) is 29.4 Å². The lowest BCUT2D eigenvalue weighted by Crippen LogP contribution is -2.50. The Balaban J connectivity index is 1.37. The van der Waals surface area contributed by atoms with E-state index in [1.165, 1.54) is 27.1 Å². The van der Waals surface area contributed by atoms with Crippen LogP contribution >= 0.6 is 11.6 Å². The van der Waals surface area contributed by atoms with Gasteiger partial charge in [0.2, 0.25) is 0 Å². The van der Waals surface area contributed by atoms with E-state index in [9.17, 15) is 4.79 Å². The summed E-state index contributed by atoms with van der Waals surface area (Å²) in [5.41, 5.74) is 1.55. The van der Waals surface area contributed by atoms with Gasteiger partial charge < -0.3 is 29.5 Å². The van der Waals surface area contributed by atoms with Crippen molar-refractivity contribution in [2.75, 3.05) is 68.6 Å². The van der Waals surface area contributed by atoms with Gasteiger partial charge in [-0.3, -0.25) is 0 Å². The minimum absolute atomic E-state index is 0.190. The molecule has 2 saturated heterocycles. The number of urea groups is 1. The summed E-state index contributed by atoms with van der Waals surface area (Å²) in [4.78, 5) is 19.1. The molecule has 166 valence electrons. The van der Waals surface area contributed by atoms with E-state index in [0.717, 1.165) is 37.7 Å². The molecular weight excluding hydrogens is 420 g/mol. The van der Waals surface area contributed by atoms with Crippen LogP contribution in [0.15, 0.2) is 24.4 Å². The number of aromatic nitrogens is 2. The molecule has 31 heavy (non-hydrogen) atoms. The Kier molecular flexibility index (Phi) is 6.50. The zero-order valence-electron chi connectivity index (χ0n) is 17.8. The number of benzene rings is 1. The lowest BCUT2D eigenvalue weighted by atomic mass is 10.2. The second-order valence-corrected chi connectivity index (χ2v) is 7.96. The van der Waals surface area contributed by atoms with Crippen LogP contribution in [0.1, 0.15) is 12.8 Å². The quantitative estimate of drug-likeness (QED) is 0.755. The van der Waals surface area contributed by atoms with Gasteiger partial charge in [-0.05, 0) is 18.9 Å². The maximum absolute atomic E-state index is 12.8. The molecule has 0 atom stereocenters. The highest BCUT2D eigenvalue weighted by molar-refractivity contribution is 6.32. The van der Waals surface area contributed by atoms with Gasteiger partial charge in [-0.1, -0.05) is 11.6 Å². The van der Waals surface area contributed by atoms with Gasteiger partial charge in [-0.2, -0.15) is 5.10 Å². The van der Waals surface area contributed by atoms with Gasteiger partial charge in [0.1, 0.15) is 11.5 Å². The fourth-order valence-corrected chi connectivity index (χ4v) is 4.18. The fourth-order valence-electron chi connectivity index (χ4n) is 3.94. The van der Waals surface area contributed by atoms with E-state index in [0.29, 0.717) is 35.3 Å². The number of piperazine rings is 1. The molecule has 9 nitrogen and oxygen atoms in total. The predicted octanol–water partition coefficient (Wildman–Crippen LogP) is 3.10. The number of nitrogens with zero attached hydrogens (tertiary/aromatic N) is 5. The third-order valence-electron chi connectivity index (χ3n) is 5.70. The molecule has 4 rings (SSSR count). The fraction of sp³-hybridized carbons (Fsp3) is 0.476. The predicted molar refractivity (Wildman–Crippen MR) is 121 cm³/mol. The molecule has 3 heterocycles. The first-order valence-corrected chi connectivity index (χ1v) is 10.8. The van der Waals surface area contributed by atoms with E-state index in [-0.39, 0.29) is 6.03 Å². The molecular formula is C21H27ClN6O3. The molecule has 2 aliphatic rings. The van der Waals surface area contributed by atoms with Crippen LogP contribution in [0.3, 0.4) is 0 Å². The summed E-state index contributed by atoms with van der Waals surface area (Å²) in [6.07, 6.45) is 4.19. The van der Waals surface area contributed by atoms with E-state index in [1.807, 2.05) is 0 Å². The van der Waals surface area contributed by atoms with Gasteiger partial charge in [-0.15, -0.1) is 5.10 Å². The van der Waals surface area contributed by atoms with Crippen LogP contribution in [0.4, 0.5) is 22.0 Å². The van der Waals surface area contributed by atoms with Crippen molar-refractivity contribution in [2.24, 2.45) is 0 Å². The van der Waals surface area contributed by atoms with E-state index in [1.54, 1.807) is 23.2 Å². The number of ether oxygens (including phenoxy) is 2. The molecule has 0 aliphatic carbocycles. The molecule has 2 aliphatic heterocycles. The van der Waals surface area contributed by atoms with Crippen molar-refractivity contribution in [1.29, 1.82) is 0 Å². The average molecular weight is 447 g/mol. The molecule has 10 heteroatoms. The number of carbonyl (C=O) groups is 1. The van der Waals surface area contributed by atoms with Gasteiger partial charge in [0, 0.05) is 51.4 Å². The van der Waals surface area contributed by atoms with Crippen LogP contribution in [0.5, 0.6) is 11.5 Å². The normalized spacial score (nSPS) is 16.4. The van der Waals surface area contributed by atoms with E-state index < -0.39 is 0 Å². The van der Waals surface area contributed by atoms with Crippen LogP contribution in [0.25, 0.3) is 0 Å². The number of halogens is 1. The summed E-state index contributed by atoms with van der Waals surface area (Å²) in [5.74, 6) is 1.91. The van der Waals surface area contributed by atoms with Gasteiger partial charge in [0.05, 0.1) is 36.8 Å². The first-order valence-electron chi connectivity index (χ1n) is 10.4. The smallest absolute Gasteiger partial charge is 0.322 e. The van der Waals surface area contributed by atoms with Crippen molar-refractivity contribution in [2.45, 2.75) is 12.8 Å². The Morgan fingerprint density at radius 1 is 0.968 bits per heavy atom. The second-order valence-electron chi connectivity index (χ2n) is 7.56. The third-order valence-corrected chi connectivity index (χ3v) is 6.00. The molecule has 0 saturated carbocycles. The lowest BCUT2D eigenvalue weighted by molar-refractivity contribution is 0.208. The van der Waals surface area contributed by atoms with Gasteiger partial charge in [0.15, 0.2) is 5.82 Å². The Labute approximate surface area is 186 Å². The Morgan fingerprint density at radius 3 is 2.35 bits per heavy atom. The number of rotatable bonds is 5. The number of amides is 2. The largest absolute Gasteiger partial charge is 0.495 e. The second kappa shape index (κ2) is 9.47. The molecule has 0 radical (unpaired) electrons. The summed E-state index contributed by atoms with van der Waals surface area (Å²) in [7, 11) is 3.07. The highest BCUT2D eigenvalue weighted by Gasteiger charge is 2.24. The van der Waals surface area contributed by atoms with Crippen molar-refractivity contribution in [3.63, 3.8) is 0 Å². The van der Waals surface area contributed by atoms with Crippen molar-refractivity contribution in [1.82, 2.24) is 15.1 Å². The van der Waals surface area contributed by atoms with Crippen LogP contribution in [0, 0.1) is 0 Å². The van der Waals surface area contributed by atoms with Gasteiger partial charge >= 0.3 is 6.03 Å². The molecule has 1 N–H and O–H groups in total. The standard InChI is InChI=1S/C21H27ClN6O3/c1-30-18-13-19(31-2)17(12-16(18)22)24-21(29)28-9-7-26(8-10-28)15-11-20(25-23-14-15)27-5-3-4-6-27/h11-14H,3-10H2,1-2H3,(H,24,29). The number of hydrogen-bond donors (Lipinski definition) is 1. The average Bonchev–Trinajstić information content (AvgIpc) is 3.34. The zero-order valence-corrected chi connectivity index (χ0v) is 18.6. The summed E-state index contributed by atoms with van der Waals surface area (Å²) < 4.78 is 10.6. The summed E-state index contributed by atoms with van der Waals surface area (Å²) in [6, 6.07) is 5.20. The lowest BCUT2D eigenvalue weighted by Gasteiger charge is -2.36. The first kappa shape index (κ1) is 21.3. The highest BCUT2D eigenvalue weighted by atomic mass is 35.5. The van der Waals surface area contributed by atoms with E-state index in [4.69, 9.17) is 21.1 Å². The molecule has 1 aromatic heterocycles. The highest BCUT2D eigenvalue weighted by Crippen LogP contribution is 2.36. The summed E-state index contributed by atoms with van der Waals surface area (Å²) in [6.45, 7) is 4.70. The van der Waals surface area contributed by atoms with E-state index >= 15 is 0 Å². The summed E-state index contributed by atoms with van der Waals surface area (Å²) >= 11 is 6.21. The first-order chi connectivity index (χ1) is 15.1. The van der Waals surface area contributed by atoms with Crippen LogP contribution in [-0.2, 0) is 0 Å². The number of methoxy groups -OCH3 is 2. The van der Waals surface area contributed by atoms with Crippen molar-refractivity contribution in [3.8, 4) is 11.5 Å². The van der Waals surface area contributed by atoms with Gasteiger partial charge in [-0.25, -0.2) is 4.79 Å². The maximum Gasteiger partial charge on any atom is 0.322 e. The van der Waals surface area contributed by atoms with Crippen molar-refractivity contribution >= 4 is 34.8 Å². The Morgan fingerprint density at radius 2 is 1.68 bits per heavy atom. The maximum atomic E-state index is 12.8. The molecule has 2 aromatic rings. The summed E-state index contributed by atoms with van der Waals surface area (Å²) in [5, 5.41) is 11.8. The SMILES string of the molecule is COc1cc(OC)c(NC(=O)N2CCN(c3cnnc(N4CCCC4)c3)CC2)cc1Cl. The molecule has 2 amide bonds. The zero-order chi connectivity index (χ0) is 21.8. The molecule has 1 aromatic carbocycles. The van der Waals surface area contributed by atoms with Gasteiger partial charge in [0.25, 0.3) is 0 Å². The Hall–Kier alpha value is -2.94. The monoisotopic (exact) mass is 446 g/mol. The Bertz CT molecular complexity index is 929. The van der Waals surface area contributed by atoms with Crippen LogP contribution in [0.2, 0.25) is 5.02 Å². The van der Waals surface area contributed by atoms with Crippen LogP contribution < -0.4 is 24.6 Å². The van der Waals surface area contributed by atoms with E-state index in [2.05, 4.69) is 31.4 Å². The number of hydrogen-bond acceptors (Lipinski definition) is 7. The molecule has 0 bridgehead atoms. The third kappa shape index (κ3) is 4.71. The molecule has 0 unspecified atom stereocenters. The topological polar surface area (TPSA) is 83.1 Å². The molecule has 0 spiro atoms. The number of anilines is 3. The van der Waals surface area contributed by atoms with Crippen LogP contribution in [-0.4, -0.2) is 74.6 Å². The minimum Gasteiger partial charge on any atom is -0.495 e. The molecule has 2 fully saturated rings. The van der Waals surface area contributed by atoms with Crippen molar-refractivity contribution < 1.29 is 14.3 Å². The number of carbonyl (C=O) groups excluding carboxylic acids is 1. The number of nitrogens with one attached hydrogen (secondary N) is 1.